The molecule has 0 aromatic carbocycles. The number of aromatic nitrogens is 2. The molecule has 0 bridgehead atoms. The summed E-state index contributed by atoms with van der Waals surface area (Å²) in [5.74, 6) is 1.14. The number of carbonyl (C=O) groups excluding carboxylic acids is 1. The largest absolute Gasteiger partial charge is 0.512 e. The SMILES string of the molecule is CC1CC(O)=CC=C1c1cnc(CN)c(OCC2CN(C(=O)OC(C)(C)C)C2)n1. The molecule has 1 aromatic rings. The van der Waals surface area contributed by atoms with Crippen LogP contribution in [0.25, 0.3) is 5.57 Å². The second kappa shape index (κ2) is 8.41. The molecular weight excluding hydrogens is 372 g/mol. The number of aliphatic hydroxyl groups is 1. The highest BCUT2D eigenvalue weighted by atomic mass is 16.6. The average Bonchev–Trinajstić information content (AvgIpc) is 2.58. The predicted octanol–water partition coefficient (Wildman–Crippen LogP) is 3.05. The van der Waals surface area contributed by atoms with Crippen LogP contribution in [0.5, 0.6) is 5.88 Å². The molecule has 29 heavy (non-hydrogen) atoms. The fourth-order valence-electron chi connectivity index (χ4n) is 3.32. The van der Waals surface area contributed by atoms with Gasteiger partial charge in [-0.25, -0.2) is 9.78 Å². The van der Waals surface area contributed by atoms with Crippen molar-refractivity contribution >= 4 is 11.7 Å². The summed E-state index contributed by atoms with van der Waals surface area (Å²) in [6.45, 7) is 9.43. The van der Waals surface area contributed by atoms with Gasteiger partial charge in [-0.05, 0) is 38.3 Å². The van der Waals surface area contributed by atoms with Crippen molar-refractivity contribution in [2.75, 3.05) is 19.7 Å². The lowest BCUT2D eigenvalue weighted by atomic mass is 9.90. The number of ether oxygens (including phenoxy) is 2. The minimum Gasteiger partial charge on any atom is -0.512 e. The Balaban J connectivity index is 1.61. The highest BCUT2D eigenvalue weighted by Crippen LogP contribution is 2.31. The van der Waals surface area contributed by atoms with Crippen LogP contribution in [0.15, 0.2) is 24.1 Å². The Morgan fingerprint density at radius 1 is 1.34 bits per heavy atom. The standard InChI is InChI=1S/C21H30N4O4/c1-13-7-15(26)5-6-16(13)18-9-23-17(8-22)19(24-18)28-12-14-10-25(11-14)20(27)29-21(2,3)4/h5-6,9,13-14,26H,7-8,10-12,22H2,1-4H3. The molecule has 0 saturated carbocycles. The zero-order valence-corrected chi connectivity index (χ0v) is 17.5. The van der Waals surface area contributed by atoms with Crippen LogP contribution >= 0.6 is 0 Å². The van der Waals surface area contributed by atoms with Crippen LogP contribution in [0.3, 0.4) is 0 Å². The molecule has 3 rings (SSSR count). The van der Waals surface area contributed by atoms with Gasteiger partial charge in [-0.2, -0.15) is 0 Å². The molecule has 1 saturated heterocycles. The van der Waals surface area contributed by atoms with Crippen LogP contribution < -0.4 is 10.5 Å². The molecule has 1 amide bonds. The number of likely N-dealkylation sites (tertiary alicyclic amines) is 1. The molecular formula is C21H30N4O4. The van der Waals surface area contributed by atoms with Gasteiger partial charge in [-0.15, -0.1) is 0 Å². The van der Waals surface area contributed by atoms with Crippen LogP contribution in [-0.2, 0) is 11.3 Å². The van der Waals surface area contributed by atoms with Gasteiger partial charge in [0.2, 0.25) is 5.88 Å². The van der Waals surface area contributed by atoms with E-state index in [0.717, 1.165) is 11.3 Å². The minimum atomic E-state index is -0.498. The summed E-state index contributed by atoms with van der Waals surface area (Å²) in [7, 11) is 0. The molecule has 2 heterocycles. The number of amides is 1. The first kappa shape index (κ1) is 21.1. The Morgan fingerprint density at radius 3 is 2.69 bits per heavy atom. The van der Waals surface area contributed by atoms with E-state index in [2.05, 4.69) is 9.97 Å². The Kier molecular flexibility index (Phi) is 6.12. The molecule has 8 nitrogen and oxygen atoms in total. The summed E-state index contributed by atoms with van der Waals surface area (Å²) < 4.78 is 11.3. The lowest BCUT2D eigenvalue weighted by Gasteiger charge is -2.39. The normalized spacial score (nSPS) is 19.9. The van der Waals surface area contributed by atoms with E-state index in [1.54, 1.807) is 17.2 Å². The maximum absolute atomic E-state index is 12.0. The third-order valence-corrected chi connectivity index (χ3v) is 4.87. The first-order valence-electron chi connectivity index (χ1n) is 9.93. The van der Waals surface area contributed by atoms with Gasteiger partial charge in [0.05, 0.1) is 24.3 Å². The maximum atomic E-state index is 12.0. The summed E-state index contributed by atoms with van der Waals surface area (Å²) >= 11 is 0. The molecule has 1 aliphatic heterocycles. The van der Waals surface area contributed by atoms with Crippen molar-refractivity contribution in [3.05, 3.63) is 35.5 Å². The molecule has 1 aliphatic carbocycles. The third kappa shape index (κ3) is 5.26. The highest BCUT2D eigenvalue weighted by molar-refractivity contribution is 5.69. The quantitative estimate of drug-likeness (QED) is 0.779. The van der Waals surface area contributed by atoms with E-state index < -0.39 is 5.60 Å². The minimum absolute atomic E-state index is 0.139. The topological polar surface area (TPSA) is 111 Å². The second-order valence-electron chi connectivity index (χ2n) is 8.66. The highest BCUT2D eigenvalue weighted by Gasteiger charge is 2.34. The van der Waals surface area contributed by atoms with Gasteiger partial charge in [0.1, 0.15) is 11.3 Å². The number of hydrogen-bond acceptors (Lipinski definition) is 7. The molecule has 1 aromatic heterocycles. The molecule has 2 aliphatic rings. The fraction of sp³-hybridized carbons (Fsp3) is 0.571. The summed E-state index contributed by atoms with van der Waals surface area (Å²) in [5.41, 5.74) is 7.61. The molecule has 1 atom stereocenters. The third-order valence-electron chi connectivity index (χ3n) is 4.87. The zero-order chi connectivity index (χ0) is 21.2. The van der Waals surface area contributed by atoms with Crippen LogP contribution in [0.2, 0.25) is 0 Å². The van der Waals surface area contributed by atoms with Crippen molar-refractivity contribution in [1.29, 1.82) is 0 Å². The van der Waals surface area contributed by atoms with Crippen molar-refractivity contribution < 1.29 is 19.4 Å². The van der Waals surface area contributed by atoms with Gasteiger partial charge in [-0.1, -0.05) is 13.0 Å². The van der Waals surface area contributed by atoms with Crippen molar-refractivity contribution in [2.45, 2.75) is 46.3 Å². The van der Waals surface area contributed by atoms with E-state index >= 15 is 0 Å². The van der Waals surface area contributed by atoms with Crippen molar-refractivity contribution in [1.82, 2.24) is 14.9 Å². The maximum Gasteiger partial charge on any atom is 0.410 e. The Labute approximate surface area is 171 Å². The monoisotopic (exact) mass is 402 g/mol. The number of rotatable bonds is 5. The molecule has 8 heteroatoms. The number of allylic oxidation sites excluding steroid dienone is 4. The van der Waals surface area contributed by atoms with Gasteiger partial charge < -0.3 is 25.2 Å². The number of aliphatic hydroxyl groups excluding tert-OH is 1. The summed E-state index contributed by atoms with van der Waals surface area (Å²) in [5, 5.41) is 9.69. The van der Waals surface area contributed by atoms with Crippen molar-refractivity contribution in [2.24, 2.45) is 17.6 Å². The van der Waals surface area contributed by atoms with E-state index in [-0.39, 0.29) is 24.5 Å². The molecule has 3 N–H and O–H groups in total. The van der Waals surface area contributed by atoms with Crippen LogP contribution in [0.4, 0.5) is 4.79 Å². The van der Waals surface area contributed by atoms with E-state index in [1.165, 1.54) is 0 Å². The number of nitrogens with two attached hydrogens (primary N) is 1. The fourth-order valence-corrected chi connectivity index (χ4v) is 3.32. The number of hydrogen-bond donors (Lipinski definition) is 2. The molecule has 0 radical (unpaired) electrons. The van der Waals surface area contributed by atoms with E-state index in [4.69, 9.17) is 15.2 Å². The van der Waals surface area contributed by atoms with Gasteiger partial charge in [0.25, 0.3) is 0 Å². The van der Waals surface area contributed by atoms with Gasteiger partial charge in [0, 0.05) is 32.0 Å². The molecule has 0 spiro atoms. The summed E-state index contributed by atoms with van der Waals surface area (Å²) in [4.78, 5) is 22.7. The van der Waals surface area contributed by atoms with Crippen molar-refractivity contribution in [3.63, 3.8) is 0 Å². The van der Waals surface area contributed by atoms with Crippen LogP contribution in [0, 0.1) is 11.8 Å². The Hall–Kier alpha value is -2.61. The second-order valence-corrected chi connectivity index (χ2v) is 8.66. The first-order valence-corrected chi connectivity index (χ1v) is 9.93. The smallest absolute Gasteiger partial charge is 0.410 e. The predicted molar refractivity (Wildman–Crippen MR) is 109 cm³/mol. The average molecular weight is 402 g/mol. The zero-order valence-electron chi connectivity index (χ0n) is 17.5. The number of carbonyl (C=O) groups is 1. The van der Waals surface area contributed by atoms with Crippen molar-refractivity contribution in [3.8, 4) is 5.88 Å². The number of nitrogens with zero attached hydrogens (tertiary/aromatic N) is 3. The summed E-state index contributed by atoms with van der Waals surface area (Å²) in [6, 6.07) is 0. The summed E-state index contributed by atoms with van der Waals surface area (Å²) in [6.07, 6.45) is 5.53. The Bertz CT molecular complexity index is 822. The Morgan fingerprint density at radius 2 is 2.07 bits per heavy atom. The van der Waals surface area contributed by atoms with Gasteiger partial charge in [0.15, 0.2) is 0 Å². The van der Waals surface area contributed by atoms with E-state index in [9.17, 15) is 9.90 Å². The van der Waals surface area contributed by atoms with E-state index in [1.807, 2.05) is 33.8 Å². The molecule has 158 valence electrons. The molecule has 1 unspecified atom stereocenters. The van der Waals surface area contributed by atoms with Crippen LogP contribution in [0.1, 0.15) is 45.5 Å². The lowest BCUT2D eigenvalue weighted by molar-refractivity contribution is -0.00817. The van der Waals surface area contributed by atoms with Crippen LogP contribution in [-0.4, -0.2) is 51.4 Å². The molecule has 1 fully saturated rings. The van der Waals surface area contributed by atoms with E-state index in [0.29, 0.717) is 43.5 Å². The lowest BCUT2D eigenvalue weighted by Crippen LogP contribution is -2.53. The van der Waals surface area contributed by atoms with Gasteiger partial charge in [-0.3, -0.25) is 4.98 Å². The van der Waals surface area contributed by atoms with Gasteiger partial charge >= 0.3 is 6.09 Å². The first-order chi connectivity index (χ1) is 13.7.